The molecule has 1 N–H and O–H groups in total. The molecule has 0 fully saturated rings. The van der Waals surface area contributed by atoms with Crippen molar-refractivity contribution in [3.05, 3.63) is 41.5 Å². The lowest BCUT2D eigenvalue weighted by Gasteiger charge is -2.25. The molecule has 0 aromatic heterocycles. The minimum Gasteiger partial charge on any atom is -0.491 e. The number of anilines is 2. The predicted molar refractivity (Wildman–Crippen MR) is 102 cm³/mol. The van der Waals surface area contributed by atoms with Crippen LogP contribution in [0.1, 0.15) is 11.1 Å². The molecule has 8 nitrogen and oxygen atoms in total. The van der Waals surface area contributed by atoms with Crippen LogP contribution in [0.4, 0.5) is 11.4 Å². The average molecular weight is 402 g/mol. The van der Waals surface area contributed by atoms with Gasteiger partial charge in [0, 0.05) is 24.2 Å². The SMILES string of the molecule is CN1C(=O)C2(COc3cc4c(cc32)OCCO4)c2c(NS(C)(=O)=O)cccc21. The predicted octanol–water partition coefficient (Wildman–Crippen LogP) is 1.48. The molecule has 146 valence electrons. The Kier molecular flexibility index (Phi) is 3.40. The van der Waals surface area contributed by atoms with E-state index in [-0.39, 0.29) is 12.5 Å². The molecule has 1 atom stereocenters. The number of nitrogens with zero attached hydrogens (tertiary/aromatic N) is 1. The van der Waals surface area contributed by atoms with Gasteiger partial charge in [-0.15, -0.1) is 0 Å². The zero-order valence-corrected chi connectivity index (χ0v) is 16.1. The van der Waals surface area contributed by atoms with Crippen LogP contribution in [0.2, 0.25) is 0 Å². The number of ether oxygens (including phenoxy) is 3. The van der Waals surface area contributed by atoms with E-state index in [0.29, 0.717) is 53.0 Å². The van der Waals surface area contributed by atoms with Crippen LogP contribution in [0.15, 0.2) is 30.3 Å². The molecule has 1 amide bonds. The molecule has 28 heavy (non-hydrogen) atoms. The normalized spacial score (nSPS) is 22.1. The molecule has 2 aromatic carbocycles. The molecule has 1 unspecified atom stereocenters. The van der Waals surface area contributed by atoms with Gasteiger partial charge in [0.05, 0.1) is 17.6 Å². The first-order valence-corrected chi connectivity index (χ1v) is 10.7. The highest BCUT2D eigenvalue weighted by atomic mass is 32.2. The highest BCUT2D eigenvalue weighted by Gasteiger charge is 2.57. The van der Waals surface area contributed by atoms with Crippen LogP contribution in [0.3, 0.4) is 0 Å². The Labute approximate surface area is 162 Å². The van der Waals surface area contributed by atoms with E-state index < -0.39 is 15.4 Å². The highest BCUT2D eigenvalue weighted by Crippen LogP contribution is 2.56. The molecule has 9 heteroatoms. The van der Waals surface area contributed by atoms with Crippen LogP contribution in [0.25, 0.3) is 0 Å². The smallest absolute Gasteiger partial charge is 0.245 e. The summed E-state index contributed by atoms with van der Waals surface area (Å²) < 4.78 is 43.6. The maximum Gasteiger partial charge on any atom is 0.245 e. The number of carbonyl (C=O) groups is 1. The summed E-state index contributed by atoms with van der Waals surface area (Å²) >= 11 is 0. The van der Waals surface area contributed by atoms with E-state index in [2.05, 4.69) is 4.72 Å². The summed E-state index contributed by atoms with van der Waals surface area (Å²) in [5.41, 5.74) is 1.09. The minimum absolute atomic E-state index is 0.0733. The minimum atomic E-state index is -3.54. The van der Waals surface area contributed by atoms with E-state index >= 15 is 0 Å². The zero-order valence-electron chi connectivity index (χ0n) is 15.3. The fraction of sp³-hybridized carbons (Fsp3) is 0.316. The molecule has 3 aliphatic heterocycles. The summed E-state index contributed by atoms with van der Waals surface area (Å²) in [7, 11) is -1.86. The van der Waals surface area contributed by atoms with Gasteiger partial charge in [0.25, 0.3) is 0 Å². The Morgan fingerprint density at radius 3 is 2.50 bits per heavy atom. The van der Waals surface area contributed by atoms with Crippen molar-refractivity contribution in [2.45, 2.75) is 5.41 Å². The molecular formula is C19H18N2O6S. The molecule has 0 aliphatic carbocycles. The van der Waals surface area contributed by atoms with E-state index in [1.165, 1.54) is 4.90 Å². The number of hydrogen-bond acceptors (Lipinski definition) is 6. The van der Waals surface area contributed by atoms with Gasteiger partial charge in [-0.25, -0.2) is 8.42 Å². The van der Waals surface area contributed by atoms with Crippen LogP contribution in [-0.2, 0) is 20.2 Å². The number of sulfonamides is 1. The van der Waals surface area contributed by atoms with Crippen molar-refractivity contribution < 1.29 is 27.4 Å². The number of benzene rings is 2. The van der Waals surface area contributed by atoms with Crippen LogP contribution >= 0.6 is 0 Å². The standard InChI is InChI=1S/C19H18N2O6S/c1-21-13-5-3-4-12(20-28(2,23)24)17(13)19(18(21)22)10-27-14-9-16-15(8-11(14)19)25-6-7-26-16/h3-5,8-9,20H,6-7,10H2,1-2H3. The average Bonchev–Trinajstić information content (AvgIpc) is 3.12. The molecule has 0 bridgehead atoms. The topological polar surface area (TPSA) is 94.2 Å². The number of rotatable bonds is 2. The summed E-state index contributed by atoms with van der Waals surface area (Å²) in [4.78, 5) is 15.0. The number of amides is 1. The fourth-order valence-electron chi connectivity index (χ4n) is 4.23. The first kappa shape index (κ1) is 17.2. The van der Waals surface area contributed by atoms with Crippen molar-refractivity contribution in [2.75, 3.05) is 42.7 Å². The Hall–Kier alpha value is -2.94. The molecule has 3 aliphatic rings. The molecule has 0 saturated heterocycles. The van der Waals surface area contributed by atoms with Gasteiger partial charge < -0.3 is 19.1 Å². The van der Waals surface area contributed by atoms with E-state index in [4.69, 9.17) is 14.2 Å². The van der Waals surface area contributed by atoms with Crippen molar-refractivity contribution in [1.29, 1.82) is 0 Å². The van der Waals surface area contributed by atoms with E-state index in [9.17, 15) is 13.2 Å². The molecule has 5 rings (SSSR count). The molecule has 3 heterocycles. The highest BCUT2D eigenvalue weighted by molar-refractivity contribution is 7.92. The second kappa shape index (κ2) is 5.54. The van der Waals surface area contributed by atoms with Gasteiger partial charge in [0.2, 0.25) is 15.9 Å². The summed E-state index contributed by atoms with van der Waals surface area (Å²) in [6.07, 6.45) is 1.08. The lowest BCUT2D eigenvalue weighted by molar-refractivity contribution is -0.121. The lowest BCUT2D eigenvalue weighted by Crippen LogP contribution is -2.41. The van der Waals surface area contributed by atoms with Crippen LogP contribution in [0, 0.1) is 0 Å². The van der Waals surface area contributed by atoms with Gasteiger partial charge in [0.1, 0.15) is 31.0 Å². The lowest BCUT2D eigenvalue weighted by atomic mass is 9.76. The Bertz CT molecular complexity index is 1130. The third kappa shape index (κ3) is 2.22. The summed E-state index contributed by atoms with van der Waals surface area (Å²) in [5, 5.41) is 0. The molecular weight excluding hydrogens is 384 g/mol. The molecule has 2 aromatic rings. The van der Waals surface area contributed by atoms with Crippen molar-refractivity contribution >= 4 is 27.3 Å². The molecule has 0 saturated carbocycles. The Morgan fingerprint density at radius 1 is 1.07 bits per heavy atom. The number of hydrogen-bond donors (Lipinski definition) is 1. The second-order valence-corrected chi connectivity index (χ2v) is 8.87. The maximum absolute atomic E-state index is 13.4. The van der Waals surface area contributed by atoms with E-state index in [0.717, 1.165) is 6.26 Å². The van der Waals surface area contributed by atoms with Crippen LogP contribution in [-0.4, -0.2) is 47.4 Å². The summed E-state index contributed by atoms with van der Waals surface area (Å²) in [6.45, 7) is 0.943. The van der Waals surface area contributed by atoms with Crippen molar-refractivity contribution in [3.63, 3.8) is 0 Å². The van der Waals surface area contributed by atoms with Gasteiger partial charge in [-0.05, 0) is 18.2 Å². The van der Waals surface area contributed by atoms with Crippen LogP contribution in [0.5, 0.6) is 17.2 Å². The van der Waals surface area contributed by atoms with Crippen molar-refractivity contribution in [1.82, 2.24) is 0 Å². The maximum atomic E-state index is 13.4. The van der Waals surface area contributed by atoms with Gasteiger partial charge in [-0.3, -0.25) is 9.52 Å². The van der Waals surface area contributed by atoms with Crippen molar-refractivity contribution in [2.24, 2.45) is 0 Å². The van der Waals surface area contributed by atoms with Gasteiger partial charge in [-0.2, -0.15) is 0 Å². The van der Waals surface area contributed by atoms with E-state index in [1.54, 1.807) is 37.4 Å². The van der Waals surface area contributed by atoms with Gasteiger partial charge in [-0.1, -0.05) is 6.07 Å². The Morgan fingerprint density at radius 2 is 1.79 bits per heavy atom. The van der Waals surface area contributed by atoms with E-state index in [1.807, 2.05) is 0 Å². The number of carbonyl (C=O) groups excluding carboxylic acids is 1. The fourth-order valence-corrected chi connectivity index (χ4v) is 4.80. The molecule has 1 spiro atoms. The largest absolute Gasteiger partial charge is 0.491 e. The number of fused-ring (bicyclic) bond motifs is 5. The third-order valence-electron chi connectivity index (χ3n) is 5.34. The first-order chi connectivity index (χ1) is 13.3. The quantitative estimate of drug-likeness (QED) is 0.818. The van der Waals surface area contributed by atoms with Gasteiger partial charge >= 0.3 is 0 Å². The monoisotopic (exact) mass is 402 g/mol. The number of likely N-dealkylation sites (N-methyl/N-ethyl adjacent to an activating group) is 1. The number of nitrogens with one attached hydrogen (secondary N) is 1. The molecule has 0 radical (unpaired) electrons. The second-order valence-electron chi connectivity index (χ2n) is 7.12. The third-order valence-corrected chi connectivity index (χ3v) is 5.93. The van der Waals surface area contributed by atoms with Crippen LogP contribution < -0.4 is 23.8 Å². The Balaban J connectivity index is 1.77. The zero-order chi connectivity index (χ0) is 19.7. The summed E-state index contributed by atoms with van der Waals surface area (Å²) in [6, 6.07) is 8.68. The van der Waals surface area contributed by atoms with Crippen molar-refractivity contribution in [3.8, 4) is 17.2 Å². The van der Waals surface area contributed by atoms with Gasteiger partial charge in [0.15, 0.2) is 11.5 Å². The summed E-state index contributed by atoms with van der Waals surface area (Å²) in [5.74, 6) is 1.48. The first-order valence-electron chi connectivity index (χ1n) is 8.77.